The Hall–Kier alpha value is -1.53. The van der Waals surface area contributed by atoms with Crippen LogP contribution in [0.2, 0.25) is 0 Å². The van der Waals surface area contributed by atoms with Gasteiger partial charge in [0.1, 0.15) is 12.2 Å². The number of carbonyl (C=O) groups excluding carboxylic acids is 3. The average molecular weight is 414 g/mol. The molecule has 0 bridgehead atoms. The van der Waals surface area contributed by atoms with Crippen molar-refractivity contribution in [3.8, 4) is 0 Å². The molecular formula is C24H30O6. The van der Waals surface area contributed by atoms with Gasteiger partial charge in [-0.25, -0.2) is 0 Å². The first-order chi connectivity index (χ1) is 14.2. The van der Waals surface area contributed by atoms with E-state index in [4.69, 9.17) is 14.2 Å². The van der Waals surface area contributed by atoms with E-state index in [1.54, 1.807) is 6.08 Å². The fraction of sp³-hybridized carbons (Fsp3) is 0.792. The van der Waals surface area contributed by atoms with E-state index in [0.29, 0.717) is 19.3 Å². The van der Waals surface area contributed by atoms with Crippen LogP contribution in [0.4, 0.5) is 0 Å². The van der Waals surface area contributed by atoms with Crippen molar-refractivity contribution in [3.63, 3.8) is 0 Å². The minimum Gasteiger partial charge on any atom is -0.469 e. The number of ketones is 2. The number of fused-ring (bicyclic) bond motifs is 4. The van der Waals surface area contributed by atoms with Gasteiger partial charge in [-0.3, -0.25) is 14.4 Å². The lowest BCUT2D eigenvalue weighted by molar-refractivity contribution is -0.163. The molecule has 2 saturated heterocycles. The molecule has 2 spiro atoms. The number of carbonyl (C=O) groups is 3. The summed E-state index contributed by atoms with van der Waals surface area (Å²) < 4.78 is 18.1. The lowest BCUT2D eigenvalue weighted by atomic mass is 9.43. The Morgan fingerprint density at radius 2 is 2.03 bits per heavy atom. The highest BCUT2D eigenvalue weighted by atomic mass is 16.6. The topological polar surface area (TPSA) is 82.2 Å². The summed E-state index contributed by atoms with van der Waals surface area (Å²) in [5.74, 6) is 0.0772. The molecule has 6 aliphatic rings. The summed E-state index contributed by atoms with van der Waals surface area (Å²) in [4.78, 5) is 37.5. The van der Waals surface area contributed by atoms with Gasteiger partial charge in [-0.2, -0.15) is 0 Å². The van der Waals surface area contributed by atoms with E-state index in [9.17, 15) is 14.4 Å². The zero-order chi connectivity index (χ0) is 21.1. The number of hydrogen-bond donors (Lipinski definition) is 0. The van der Waals surface area contributed by atoms with Crippen LogP contribution in [0, 0.1) is 28.6 Å². The number of hydrogen-bond acceptors (Lipinski definition) is 6. The molecule has 6 nitrogen and oxygen atoms in total. The van der Waals surface area contributed by atoms with Gasteiger partial charge in [0.25, 0.3) is 0 Å². The summed E-state index contributed by atoms with van der Waals surface area (Å²) in [6, 6.07) is 0. The highest BCUT2D eigenvalue weighted by Gasteiger charge is 2.83. The van der Waals surface area contributed by atoms with Crippen LogP contribution < -0.4 is 0 Å². The van der Waals surface area contributed by atoms with Crippen molar-refractivity contribution in [2.75, 3.05) is 13.7 Å². The summed E-state index contributed by atoms with van der Waals surface area (Å²) >= 11 is 0. The maximum absolute atomic E-state index is 13.0. The molecule has 5 fully saturated rings. The van der Waals surface area contributed by atoms with E-state index in [-0.39, 0.29) is 58.8 Å². The Morgan fingerprint density at radius 3 is 2.73 bits per heavy atom. The lowest BCUT2D eigenvalue weighted by Gasteiger charge is -2.58. The number of esters is 1. The number of epoxide rings is 1. The standard InChI is InChI=1S/C24H30O6/c1-21-6-4-14(25)8-13(21)9-16(20(27)28-3)19-17-5-7-23(10-15(26)12-29-23)22(17,2)11-18-24(19,21)30-18/h8,16-19H,4-7,9-12H2,1-3H3/t16-,17+,18+,19+,21+,22+,23-,24-/m1/s1. The second-order valence-corrected chi connectivity index (χ2v) is 11.0. The quantitative estimate of drug-likeness (QED) is 0.485. The zero-order valence-electron chi connectivity index (χ0n) is 18.0. The largest absolute Gasteiger partial charge is 0.469 e. The van der Waals surface area contributed by atoms with E-state index >= 15 is 0 Å². The van der Waals surface area contributed by atoms with Crippen LogP contribution in [0.15, 0.2) is 11.6 Å². The Balaban J connectivity index is 1.49. The first-order valence-corrected chi connectivity index (χ1v) is 11.4. The van der Waals surface area contributed by atoms with Crippen LogP contribution >= 0.6 is 0 Å². The monoisotopic (exact) mass is 414 g/mol. The molecule has 6 heteroatoms. The minimum absolute atomic E-state index is 0.0303. The summed E-state index contributed by atoms with van der Waals surface area (Å²) in [7, 11) is 1.45. The minimum atomic E-state index is -0.424. The molecule has 0 radical (unpaired) electrons. The second-order valence-electron chi connectivity index (χ2n) is 11.0. The highest BCUT2D eigenvalue weighted by molar-refractivity contribution is 5.92. The molecule has 2 heterocycles. The van der Waals surface area contributed by atoms with Gasteiger partial charge in [0.15, 0.2) is 11.6 Å². The van der Waals surface area contributed by atoms with Crippen molar-refractivity contribution in [3.05, 3.63) is 11.6 Å². The first kappa shape index (κ1) is 19.2. The number of methoxy groups -OCH3 is 1. The van der Waals surface area contributed by atoms with Gasteiger partial charge in [-0.1, -0.05) is 19.4 Å². The van der Waals surface area contributed by atoms with Crippen molar-refractivity contribution in [1.82, 2.24) is 0 Å². The zero-order valence-corrected chi connectivity index (χ0v) is 18.0. The molecule has 0 aromatic heterocycles. The van der Waals surface area contributed by atoms with Gasteiger partial charge in [0, 0.05) is 29.6 Å². The van der Waals surface area contributed by atoms with Crippen LogP contribution in [-0.4, -0.2) is 48.6 Å². The van der Waals surface area contributed by atoms with Crippen LogP contribution in [0.5, 0.6) is 0 Å². The maximum atomic E-state index is 13.0. The number of Topliss-reactive ketones (excluding diaryl/α,β-unsaturated/α-hetero) is 1. The molecule has 0 N–H and O–H groups in total. The maximum Gasteiger partial charge on any atom is 0.309 e. The smallest absolute Gasteiger partial charge is 0.309 e. The normalized spacial score (nSPS) is 53.5. The second kappa shape index (κ2) is 5.63. The van der Waals surface area contributed by atoms with Gasteiger partial charge >= 0.3 is 5.97 Å². The van der Waals surface area contributed by atoms with Gasteiger partial charge < -0.3 is 14.2 Å². The van der Waals surface area contributed by atoms with Crippen LogP contribution in [0.1, 0.15) is 58.8 Å². The molecule has 3 saturated carbocycles. The Morgan fingerprint density at radius 1 is 1.23 bits per heavy atom. The van der Waals surface area contributed by atoms with Crippen molar-refractivity contribution < 1.29 is 28.6 Å². The summed E-state index contributed by atoms with van der Waals surface area (Å²) in [5.41, 5.74) is -0.175. The summed E-state index contributed by atoms with van der Waals surface area (Å²) in [5, 5.41) is 0. The van der Waals surface area contributed by atoms with E-state index in [2.05, 4.69) is 13.8 Å². The van der Waals surface area contributed by atoms with Crippen molar-refractivity contribution >= 4 is 17.5 Å². The van der Waals surface area contributed by atoms with E-state index < -0.39 is 11.2 Å². The fourth-order valence-corrected chi connectivity index (χ4v) is 8.65. The Kier molecular flexibility index (Phi) is 3.60. The molecule has 8 atom stereocenters. The van der Waals surface area contributed by atoms with E-state index in [1.807, 2.05) is 0 Å². The van der Waals surface area contributed by atoms with E-state index in [0.717, 1.165) is 31.3 Å². The van der Waals surface area contributed by atoms with Crippen LogP contribution in [-0.2, 0) is 28.6 Å². The summed E-state index contributed by atoms with van der Waals surface area (Å²) in [6.07, 6.45) is 6.84. The highest BCUT2D eigenvalue weighted by Crippen LogP contribution is 2.78. The molecule has 0 amide bonds. The summed E-state index contributed by atoms with van der Waals surface area (Å²) in [6.45, 7) is 4.72. The van der Waals surface area contributed by atoms with Crippen LogP contribution in [0.25, 0.3) is 0 Å². The molecule has 0 aromatic carbocycles. The number of rotatable bonds is 1. The predicted molar refractivity (Wildman–Crippen MR) is 105 cm³/mol. The van der Waals surface area contributed by atoms with Crippen LogP contribution in [0.3, 0.4) is 0 Å². The Bertz CT molecular complexity index is 907. The number of ether oxygens (including phenoxy) is 3. The molecule has 30 heavy (non-hydrogen) atoms. The molecule has 2 aliphatic heterocycles. The van der Waals surface area contributed by atoms with Gasteiger partial charge in [0.2, 0.25) is 0 Å². The molecule has 162 valence electrons. The van der Waals surface area contributed by atoms with Gasteiger partial charge in [-0.05, 0) is 44.1 Å². The van der Waals surface area contributed by atoms with E-state index in [1.165, 1.54) is 7.11 Å². The van der Waals surface area contributed by atoms with Gasteiger partial charge in [0.05, 0.1) is 24.7 Å². The third-order valence-corrected chi connectivity index (χ3v) is 10.2. The molecule has 0 unspecified atom stereocenters. The fourth-order valence-electron chi connectivity index (χ4n) is 8.65. The van der Waals surface area contributed by atoms with Gasteiger partial charge in [-0.15, -0.1) is 0 Å². The molecular weight excluding hydrogens is 384 g/mol. The Labute approximate surface area is 176 Å². The third kappa shape index (κ3) is 1.97. The molecule has 6 rings (SSSR count). The van der Waals surface area contributed by atoms with Crippen molar-refractivity contribution in [2.45, 2.75) is 76.1 Å². The molecule has 0 aromatic rings. The molecule has 4 aliphatic carbocycles. The van der Waals surface area contributed by atoms with Crippen molar-refractivity contribution in [2.24, 2.45) is 28.6 Å². The first-order valence-electron chi connectivity index (χ1n) is 11.4. The lowest BCUT2D eigenvalue weighted by Crippen LogP contribution is -2.63. The van der Waals surface area contributed by atoms with Crippen molar-refractivity contribution in [1.29, 1.82) is 0 Å². The predicted octanol–water partition coefficient (Wildman–Crippen LogP) is 2.78. The third-order valence-electron chi connectivity index (χ3n) is 10.2. The SMILES string of the molecule is COC(=O)[C@@H]1CC2=CC(=O)CC[C@]2(C)[C@@]23O[C@H]2C[C@@]2(C)[C@@H](CC[C@@]24CC(=O)CO4)[C@H]13. The average Bonchev–Trinajstić information content (AvgIpc) is 3.20.